The van der Waals surface area contributed by atoms with Gasteiger partial charge in [0.1, 0.15) is 12.3 Å². The number of aliphatic hydroxyl groups is 2. The lowest BCUT2D eigenvalue weighted by molar-refractivity contribution is -0.0549. The van der Waals surface area contributed by atoms with Gasteiger partial charge >= 0.3 is 0 Å². The summed E-state index contributed by atoms with van der Waals surface area (Å²) in [7, 11) is 0. The van der Waals surface area contributed by atoms with Gasteiger partial charge in [-0.1, -0.05) is 0 Å². The van der Waals surface area contributed by atoms with Crippen LogP contribution in [0.2, 0.25) is 0 Å². The number of alkyl halides is 1. The predicted octanol–water partition coefficient (Wildman–Crippen LogP) is 0.230. The third kappa shape index (κ3) is 1.40. The lowest BCUT2D eigenvalue weighted by atomic mass is 9.93. The Kier molecular flexibility index (Phi) is 2.03. The number of aliphatic hydroxyl groups excluding tert-OH is 2. The molecule has 0 aliphatic heterocycles. The fraction of sp³-hybridized carbons (Fsp3) is 1.00. The maximum Gasteiger partial charge on any atom is 0.128 e. The second kappa shape index (κ2) is 2.62. The van der Waals surface area contributed by atoms with Crippen molar-refractivity contribution in [2.75, 3.05) is 0 Å². The van der Waals surface area contributed by atoms with Crippen LogP contribution < -0.4 is 0 Å². The van der Waals surface area contributed by atoms with Crippen LogP contribution in [0.5, 0.6) is 0 Å². The highest BCUT2D eigenvalue weighted by atomic mass is 19.1. The summed E-state index contributed by atoms with van der Waals surface area (Å²) >= 11 is 0. The van der Waals surface area contributed by atoms with E-state index in [2.05, 4.69) is 0 Å². The van der Waals surface area contributed by atoms with Crippen molar-refractivity contribution in [3.05, 3.63) is 0 Å². The molecule has 3 heteroatoms. The summed E-state index contributed by atoms with van der Waals surface area (Å²) in [6.45, 7) is 0. The summed E-state index contributed by atoms with van der Waals surface area (Å²) in [6.07, 6.45) is -1.60. The topological polar surface area (TPSA) is 40.5 Å². The highest BCUT2D eigenvalue weighted by molar-refractivity contribution is 4.80. The molecule has 54 valence electrons. The van der Waals surface area contributed by atoms with Crippen molar-refractivity contribution in [2.24, 2.45) is 0 Å². The molecular formula is C6H11FO2. The highest BCUT2D eigenvalue weighted by Crippen LogP contribution is 2.21. The molecule has 9 heavy (non-hydrogen) atoms. The number of hydrogen-bond donors (Lipinski definition) is 2. The van der Waals surface area contributed by atoms with Crippen molar-refractivity contribution in [3.63, 3.8) is 0 Å². The summed E-state index contributed by atoms with van der Waals surface area (Å²) in [6, 6.07) is 0. The van der Waals surface area contributed by atoms with E-state index >= 15 is 0 Å². The van der Waals surface area contributed by atoms with E-state index in [1.165, 1.54) is 0 Å². The van der Waals surface area contributed by atoms with Crippen molar-refractivity contribution in [3.8, 4) is 0 Å². The van der Waals surface area contributed by atoms with Crippen molar-refractivity contribution in [1.29, 1.82) is 0 Å². The molecule has 0 bridgehead atoms. The Hall–Kier alpha value is -0.150. The van der Waals surface area contributed by atoms with Crippen LogP contribution in [0.15, 0.2) is 0 Å². The molecule has 1 aliphatic carbocycles. The molecule has 0 heterocycles. The SMILES string of the molecule is O[C@@H]1C(F)CCC[C@@H]1O. The lowest BCUT2D eigenvalue weighted by Crippen LogP contribution is -2.38. The molecule has 3 atom stereocenters. The average Bonchev–Trinajstić information content (AvgIpc) is 1.83. The molecule has 1 unspecified atom stereocenters. The van der Waals surface area contributed by atoms with Gasteiger partial charge in [0.2, 0.25) is 0 Å². The second-order valence-corrected chi connectivity index (χ2v) is 2.50. The smallest absolute Gasteiger partial charge is 0.128 e. The minimum Gasteiger partial charge on any atom is -0.390 e. The Balaban J connectivity index is 2.41. The van der Waals surface area contributed by atoms with Crippen LogP contribution in [0.25, 0.3) is 0 Å². The van der Waals surface area contributed by atoms with E-state index in [0.29, 0.717) is 19.3 Å². The monoisotopic (exact) mass is 134 g/mol. The van der Waals surface area contributed by atoms with Crippen LogP contribution in [0.1, 0.15) is 19.3 Å². The van der Waals surface area contributed by atoms with Gasteiger partial charge in [-0.05, 0) is 19.3 Å². The van der Waals surface area contributed by atoms with Gasteiger partial charge in [0, 0.05) is 0 Å². The minimum absolute atomic E-state index is 0.387. The van der Waals surface area contributed by atoms with E-state index in [1.807, 2.05) is 0 Å². The molecule has 1 aliphatic rings. The minimum atomic E-state index is -1.21. The van der Waals surface area contributed by atoms with Gasteiger partial charge in [-0.3, -0.25) is 0 Å². The Morgan fingerprint density at radius 2 is 1.89 bits per heavy atom. The van der Waals surface area contributed by atoms with E-state index in [1.54, 1.807) is 0 Å². The van der Waals surface area contributed by atoms with Gasteiger partial charge in [-0.2, -0.15) is 0 Å². The van der Waals surface area contributed by atoms with Gasteiger partial charge in [0.05, 0.1) is 6.10 Å². The van der Waals surface area contributed by atoms with Gasteiger partial charge in [0.15, 0.2) is 0 Å². The van der Waals surface area contributed by atoms with E-state index in [-0.39, 0.29) is 0 Å². The first-order valence-electron chi connectivity index (χ1n) is 3.22. The largest absolute Gasteiger partial charge is 0.390 e. The standard InChI is InChI=1S/C6H11FO2/c7-4-2-1-3-5(8)6(4)9/h4-6,8-9H,1-3H2/t4?,5-,6+/m0/s1. The third-order valence-corrected chi connectivity index (χ3v) is 1.74. The van der Waals surface area contributed by atoms with E-state index in [4.69, 9.17) is 10.2 Å². The Bertz CT molecular complexity index is 87.1. The summed E-state index contributed by atoms with van der Waals surface area (Å²) in [5.41, 5.74) is 0. The molecule has 0 aromatic rings. The number of rotatable bonds is 0. The number of halogens is 1. The normalized spacial score (nSPS) is 45.0. The molecule has 0 radical (unpaired) electrons. The fourth-order valence-corrected chi connectivity index (χ4v) is 1.10. The van der Waals surface area contributed by atoms with Crippen LogP contribution in [-0.2, 0) is 0 Å². The third-order valence-electron chi connectivity index (χ3n) is 1.74. The quantitative estimate of drug-likeness (QED) is 0.498. The van der Waals surface area contributed by atoms with Gasteiger partial charge < -0.3 is 10.2 Å². The fourth-order valence-electron chi connectivity index (χ4n) is 1.10. The predicted molar refractivity (Wildman–Crippen MR) is 30.8 cm³/mol. The first-order chi connectivity index (χ1) is 4.22. The first-order valence-corrected chi connectivity index (χ1v) is 3.22. The molecule has 0 saturated heterocycles. The summed E-state index contributed by atoms with van der Waals surface area (Å²) < 4.78 is 12.4. The molecule has 0 aromatic carbocycles. The Morgan fingerprint density at radius 3 is 2.33 bits per heavy atom. The molecule has 0 spiro atoms. The molecule has 1 fully saturated rings. The Morgan fingerprint density at radius 1 is 1.22 bits per heavy atom. The molecular weight excluding hydrogens is 123 g/mol. The molecule has 2 N–H and O–H groups in total. The van der Waals surface area contributed by atoms with Crippen molar-refractivity contribution >= 4 is 0 Å². The summed E-state index contributed by atoms with van der Waals surface area (Å²) in [5.74, 6) is 0. The molecule has 0 aromatic heterocycles. The zero-order chi connectivity index (χ0) is 6.85. The maximum atomic E-state index is 12.4. The zero-order valence-corrected chi connectivity index (χ0v) is 5.13. The first kappa shape index (κ1) is 6.96. The van der Waals surface area contributed by atoms with Crippen LogP contribution in [0.3, 0.4) is 0 Å². The van der Waals surface area contributed by atoms with Gasteiger partial charge in [0.25, 0.3) is 0 Å². The number of hydrogen-bond acceptors (Lipinski definition) is 2. The van der Waals surface area contributed by atoms with E-state index < -0.39 is 18.4 Å². The molecule has 1 saturated carbocycles. The summed E-state index contributed by atoms with van der Waals surface area (Å²) in [4.78, 5) is 0. The molecule has 2 nitrogen and oxygen atoms in total. The van der Waals surface area contributed by atoms with Crippen LogP contribution in [0.4, 0.5) is 4.39 Å². The van der Waals surface area contributed by atoms with Crippen molar-refractivity contribution in [2.45, 2.75) is 37.6 Å². The van der Waals surface area contributed by atoms with Crippen LogP contribution in [-0.4, -0.2) is 28.6 Å². The summed E-state index contributed by atoms with van der Waals surface area (Å²) in [5, 5.41) is 17.7. The van der Waals surface area contributed by atoms with Gasteiger partial charge in [-0.25, -0.2) is 4.39 Å². The molecule has 0 amide bonds. The molecule has 1 rings (SSSR count). The van der Waals surface area contributed by atoms with Crippen molar-refractivity contribution < 1.29 is 14.6 Å². The maximum absolute atomic E-state index is 12.4. The van der Waals surface area contributed by atoms with Crippen molar-refractivity contribution in [1.82, 2.24) is 0 Å². The van der Waals surface area contributed by atoms with Gasteiger partial charge in [-0.15, -0.1) is 0 Å². The Labute approximate surface area is 53.3 Å². The van der Waals surface area contributed by atoms with E-state index in [9.17, 15) is 4.39 Å². The second-order valence-electron chi connectivity index (χ2n) is 2.50. The zero-order valence-electron chi connectivity index (χ0n) is 5.13. The van der Waals surface area contributed by atoms with E-state index in [0.717, 1.165) is 0 Å². The average molecular weight is 134 g/mol. The van der Waals surface area contributed by atoms with Crippen LogP contribution in [0, 0.1) is 0 Å². The highest BCUT2D eigenvalue weighted by Gasteiger charge is 2.29. The van der Waals surface area contributed by atoms with Crippen LogP contribution >= 0.6 is 0 Å². The lowest BCUT2D eigenvalue weighted by Gasteiger charge is -2.25.